The van der Waals surface area contributed by atoms with Crippen molar-refractivity contribution in [3.63, 3.8) is 0 Å². The summed E-state index contributed by atoms with van der Waals surface area (Å²) in [5, 5.41) is 2.80. The van der Waals surface area contributed by atoms with Crippen molar-refractivity contribution in [2.24, 2.45) is 0 Å². The van der Waals surface area contributed by atoms with Crippen LogP contribution < -0.4 is 10.9 Å². The molecule has 0 atom stereocenters. The van der Waals surface area contributed by atoms with Gasteiger partial charge in [-0.2, -0.15) is 0 Å². The lowest BCUT2D eigenvalue weighted by molar-refractivity contribution is -0.113. The van der Waals surface area contributed by atoms with E-state index in [1.165, 1.54) is 11.8 Å². The molecule has 19 heavy (non-hydrogen) atoms. The molecule has 0 spiro atoms. The van der Waals surface area contributed by atoms with Crippen LogP contribution in [-0.2, 0) is 4.79 Å². The van der Waals surface area contributed by atoms with Crippen molar-refractivity contribution in [1.29, 1.82) is 0 Å². The minimum Gasteiger partial charge on any atom is -0.324 e. The summed E-state index contributed by atoms with van der Waals surface area (Å²) in [6, 6.07) is 3.68. The zero-order chi connectivity index (χ0) is 13.6. The average molecular weight is 275 g/mol. The molecule has 0 saturated heterocycles. The lowest BCUT2D eigenvalue weighted by Gasteiger charge is -2.17. The van der Waals surface area contributed by atoms with E-state index >= 15 is 0 Å². The van der Waals surface area contributed by atoms with E-state index < -0.39 is 0 Å². The van der Waals surface area contributed by atoms with Crippen LogP contribution in [0.5, 0.6) is 0 Å². The summed E-state index contributed by atoms with van der Waals surface area (Å²) >= 11 is 1.49. The van der Waals surface area contributed by atoms with E-state index in [-0.39, 0.29) is 17.4 Å². The highest BCUT2D eigenvalue weighted by atomic mass is 32.2. The van der Waals surface area contributed by atoms with E-state index in [0.717, 1.165) is 16.1 Å². The lowest BCUT2D eigenvalue weighted by Crippen LogP contribution is -2.20. The summed E-state index contributed by atoms with van der Waals surface area (Å²) in [6.07, 6.45) is 0. The molecule has 0 fully saturated rings. The smallest absolute Gasteiger partial charge is 0.270 e. The summed E-state index contributed by atoms with van der Waals surface area (Å²) in [7, 11) is 0. The molecule has 3 rings (SSSR count). The van der Waals surface area contributed by atoms with Gasteiger partial charge in [-0.15, -0.1) is 11.8 Å². The quantitative estimate of drug-likeness (QED) is 0.835. The van der Waals surface area contributed by atoms with Gasteiger partial charge in [0.1, 0.15) is 5.69 Å². The molecule has 2 heterocycles. The Morgan fingerprint density at radius 1 is 1.32 bits per heavy atom. The Kier molecular flexibility index (Phi) is 2.82. The van der Waals surface area contributed by atoms with Crippen LogP contribution in [0, 0.1) is 0 Å². The third-order valence-electron chi connectivity index (χ3n) is 3.00. The highest BCUT2D eigenvalue weighted by Crippen LogP contribution is 2.33. The number of fused-ring (bicyclic) bond motifs is 2. The van der Waals surface area contributed by atoms with Crippen molar-refractivity contribution in [2.45, 2.75) is 24.7 Å². The van der Waals surface area contributed by atoms with Gasteiger partial charge in [0.2, 0.25) is 5.91 Å². The number of carbonyl (C=O) groups is 1. The number of hydrogen-bond acceptors (Lipinski definition) is 4. The van der Waals surface area contributed by atoms with E-state index in [1.54, 1.807) is 6.07 Å². The molecule has 2 N–H and O–H groups in total. The van der Waals surface area contributed by atoms with Crippen molar-refractivity contribution < 1.29 is 4.79 Å². The number of nitrogens with one attached hydrogen (secondary N) is 2. The maximum Gasteiger partial charge on any atom is 0.270 e. The number of anilines is 1. The van der Waals surface area contributed by atoms with Gasteiger partial charge in [-0.05, 0) is 12.1 Å². The van der Waals surface area contributed by atoms with Crippen LogP contribution in [0.2, 0.25) is 0 Å². The molecule has 5 nitrogen and oxygen atoms in total. The molecule has 1 amide bonds. The van der Waals surface area contributed by atoms with Gasteiger partial charge in [-0.1, -0.05) is 13.8 Å². The van der Waals surface area contributed by atoms with Crippen LogP contribution in [0.4, 0.5) is 5.69 Å². The first kappa shape index (κ1) is 12.2. The second-order valence-electron chi connectivity index (χ2n) is 4.81. The molecule has 1 aromatic heterocycles. The van der Waals surface area contributed by atoms with E-state index in [1.807, 2.05) is 19.9 Å². The van der Waals surface area contributed by atoms with Crippen molar-refractivity contribution in [2.75, 3.05) is 11.1 Å². The SMILES string of the molecule is CC(C)c1nc2cc3c(cc2[nH]c1=O)NC(=O)CS3. The Morgan fingerprint density at radius 2 is 2.11 bits per heavy atom. The first-order valence-corrected chi connectivity index (χ1v) is 7.04. The van der Waals surface area contributed by atoms with Gasteiger partial charge in [0.25, 0.3) is 5.56 Å². The van der Waals surface area contributed by atoms with Crippen LogP contribution in [0.25, 0.3) is 11.0 Å². The Labute approximate surface area is 113 Å². The van der Waals surface area contributed by atoms with E-state index in [2.05, 4.69) is 15.3 Å². The van der Waals surface area contributed by atoms with Gasteiger partial charge in [0.05, 0.1) is 22.5 Å². The van der Waals surface area contributed by atoms with Crippen molar-refractivity contribution in [3.8, 4) is 0 Å². The number of aromatic nitrogens is 2. The normalized spacial score (nSPS) is 14.6. The molecule has 0 saturated carbocycles. The summed E-state index contributed by atoms with van der Waals surface area (Å²) < 4.78 is 0. The fraction of sp³-hybridized carbons (Fsp3) is 0.308. The fourth-order valence-corrected chi connectivity index (χ4v) is 2.89. The lowest BCUT2D eigenvalue weighted by atomic mass is 10.1. The Morgan fingerprint density at radius 3 is 2.84 bits per heavy atom. The van der Waals surface area contributed by atoms with Crippen LogP contribution >= 0.6 is 11.8 Å². The Balaban J connectivity index is 2.23. The predicted molar refractivity (Wildman–Crippen MR) is 75.8 cm³/mol. The monoisotopic (exact) mass is 275 g/mol. The third kappa shape index (κ3) is 2.12. The van der Waals surface area contributed by atoms with E-state index in [9.17, 15) is 9.59 Å². The highest BCUT2D eigenvalue weighted by Gasteiger charge is 2.17. The maximum absolute atomic E-state index is 11.9. The summed E-state index contributed by atoms with van der Waals surface area (Å²) in [5.41, 5.74) is 2.51. The largest absolute Gasteiger partial charge is 0.324 e. The zero-order valence-electron chi connectivity index (χ0n) is 10.6. The standard InChI is InChI=1S/C13H13N3O2S/c1-6(2)12-13(18)16-7-3-9-10(4-8(7)15-12)19-5-11(17)14-9/h3-4,6H,5H2,1-2H3,(H,14,17)(H,16,18). The van der Waals surface area contributed by atoms with E-state index in [4.69, 9.17) is 0 Å². The number of thioether (sulfide) groups is 1. The van der Waals surface area contributed by atoms with Gasteiger partial charge in [-0.3, -0.25) is 9.59 Å². The third-order valence-corrected chi connectivity index (χ3v) is 4.05. The summed E-state index contributed by atoms with van der Waals surface area (Å²) in [4.78, 5) is 31.5. The first-order chi connectivity index (χ1) is 9.04. The minimum absolute atomic E-state index is 0.0223. The van der Waals surface area contributed by atoms with Crippen molar-refractivity contribution in [3.05, 3.63) is 28.2 Å². The van der Waals surface area contributed by atoms with Gasteiger partial charge in [0.15, 0.2) is 0 Å². The molecule has 1 aromatic carbocycles. The van der Waals surface area contributed by atoms with Crippen LogP contribution in [0.3, 0.4) is 0 Å². The Hall–Kier alpha value is -1.82. The van der Waals surface area contributed by atoms with E-state index in [0.29, 0.717) is 17.0 Å². The van der Waals surface area contributed by atoms with Gasteiger partial charge in [-0.25, -0.2) is 4.98 Å². The molecule has 98 valence electrons. The molecule has 1 aliphatic rings. The van der Waals surface area contributed by atoms with Crippen molar-refractivity contribution in [1.82, 2.24) is 9.97 Å². The summed E-state index contributed by atoms with van der Waals surface area (Å²) in [6.45, 7) is 3.88. The molecular formula is C13H13N3O2S. The molecule has 0 unspecified atom stereocenters. The predicted octanol–water partition coefficient (Wildman–Crippen LogP) is 2.09. The summed E-state index contributed by atoms with van der Waals surface area (Å²) in [5.74, 6) is 0.473. The zero-order valence-corrected chi connectivity index (χ0v) is 11.4. The number of benzene rings is 1. The number of hydrogen-bond donors (Lipinski definition) is 2. The number of rotatable bonds is 1. The number of carbonyl (C=O) groups excluding carboxylic acids is 1. The van der Waals surface area contributed by atoms with Gasteiger partial charge >= 0.3 is 0 Å². The van der Waals surface area contributed by atoms with Crippen molar-refractivity contribution >= 4 is 34.4 Å². The topological polar surface area (TPSA) is 74.8 Å². The fourth-order valence-electron chi connectivity index (χ4n) is 2.07. The first-order valence-electron chi connectivity index (χ1n) is 6.05. The number of aromatic amines is 1. The molecule has 6 heteroatoms. The maximum atomic E-state index is 11.9. The average Bonchev–Trinajstić information content (AvgIpc) is 2.35. The number of nitrogens with zero attached hydrogens (tertiary/aromatic N) is 1. The molecule has 1 aliphatic heterocycles. The number of H-pyrrole nitrogens is 1. The number of amides is 1. The molecule has 0 bridgehead atoms. The van der Waals surface area contributed by atoms with Crippen LogP contribution in [-0.4, -0.2) is 21.6 Å². The minimum atomic E-state index is -0.169. The second kappa shape index (κ2) is 4.38. The molecular weight excluding hydrogens is 262 g/mol. The molecule has 2 aromatic rings. The Bertz CT molecular complexity index is 736. The second-order valence-corrected chi connectivity index (χ2v) is 5.83. The van der Waals surface area contributed by atoms with Gasteiger partial charge in [0, 0.05) is 10.8 Å². The highest BCUT2D eigenvalue weighted by molar-refractivity contribution is 8.00. The van der Waals surface area contributed by atoms with Crippen LogP contribution in [0.15, 0.2) is 21.8 Å². The van der Waals surface area contributed by atoms with Gasteiger partial charge < -0.3 is 10.3 Å². The molecule has 0 aliphatic carbocycles. The molecule has 0 radical (unpaired) electrons. The van der Waals surface area contributed by atoms with Crippen LogP contribution in [0.1, 0.15) is 25.5 Å².